The molecule has 0 saturated carbocycles. The van der Waals surface area contributed by atoms with Crippen LogP contribution in [-0.2, 0) is 27.7 Å². The number of rotatable bonds is 7. The van der Waals surface area contributed by atoms with E-state index in [0.717, 1.165) is 23.2 Å². The molecule has 29 heavy (non-hydrogen) atoms. The smallest absolute Gasteiger partial charge is 0.240 e. The number of nitrogens with one attached hydrogen (secondary N) is 1. The zero-order chi connectivity index (χ0) is 20.3. The largest absolute Gasteiger partial charge is 0.497 e. The van der Waals surface area contributed by atoms with Gasteiger partial charge in [-0.25, -0.2) is 13.1 Å². The molecule has 2 heterocycles. The number of hydrogen-bond acceptors (Lipinski definition) is 5. The summed E-state index contributed by atoms with van der Waals surface area (Å²) in [5, 5.41) is 4.66. The van der Waals surface area contributed by atoms with E-state index in [-0.39, 0.29) is 11.4 Å². The van der Waals surface area contributed by atoms with Crippen LogP contribution in [0.25, 0.3) is 0 Å². The van der Waals surface area contributed by atoms with Crippen LogP contribution >= 0.6 is 0 Å². The lowest BCUT2D eigenvalue weighted by atomic mass is 10.1. The summed E-state index contributed by atoms with van der Waals surface area (Å²) in [5.41, 5.74) is 3.05. The van der Waals surface area contributed by atoms with Crippen LogP contribution in [-0.4, -0.2) is 38.5 Å². The molecule has 2 aromatic carbocycles. The number of aromatic nitrogens is 2. The molecule has 0 unspecified atom stereocenters. The Morgan fingerprint density at radius 1 is 1.17 bits per heavy atom. The minimum absolute atomic E-state index is 0.129. The Kier molecular flexibility index (Phi) is 5.66. The monoisotopic (exact) mass is 413 g/mol. The van der Waals surface area contributed by atoms with Crippen molar-refractivity contribution in [2.24, 2.45) is 0 Å². The summed E-state index contributed by atoms with van der Waals surface area (Å²) in [6.45, 7) is 1.33. The minimum Gasteiger partial charge on any atom is -0.497 e. The van der Waals surface area contributed by atoms with Gasteiger partial charge in [0.2, 0.25) is 10.0 Å². The summed E-state index contributed by atoms with van der Waals surface area (Å²) in [4.78, 5) is 0.184. The van der Waals surface area contributed by atoms with Gasteiger partial charge in [-0.1, -0.05) is 30.3 Å². The third kappa shape index (κ3) is 4.50. The van der Waals surface area contributed by atoms with E-state index in [1.54, 1.807) is 12.1 Å². The zero-order valence-corrected chi connectivity index (χ0v) is 16.9. The van der Waals surface area contributed by atoms with Gasteiger partial charge >= 0.3 is 0 Å². The lowest BCUT2D eigenvalue weighted by Crippen LogP contribution is -2.32. The Morgan fingerprint density at radius 2 is 1.93 bits per heavy atom. The Balaban J connectivity index is 1.46. The molecule has 1 aliphatic rings. The number of nitrogens with zero attached hydrogens (tertiary/aromatic N) is 2. The van der Waals surface area contributed by atoms with Crippen LogP contribution in [0.5, 0.6) is 5.75 Å². The molecule has 0 aliphatic carbocycles. The van der Waals surface area contributed by atoms with Gasteiger partial charge in [0.15, 0.2) is 0 Å². The minimum atomic E-state index is -3.65. The van der Waals surface area contributed by atoms with Crippen molar-refractivity contribution < 1.29 is 17.9 Å². The molecule has 3 aromatic rings. The molecule has 1 N–H and O–H groups in total. The normalized spacial score (nSPS) is 16.4. The summed E-state index contributed by atoms with van der Waals surface area (Å²) in [5.74, 6) is 0.605. The molecule has 8 heteroatoms. The fourth-order valence-corrected chi connectivity index (χ4v) is 4.39. The molecule has 0 radical (unpaired) electrons. The van der Waals surface area contributed by atoms with Crippen LogP contribution in [0.2, 0.25) is 0 Å². The summed E-state index contributed by atoms with van der Waals surface area (Å²) >= 11 is 0. The second kappa shape index (κ2) is 8.36. The van der Waals surface area contributed by atoms with Gasteiger partial charge in [-0.15, -0.1) is 0 Å². The van der Waals surface area contributed by atoms with Gasteiger partial charge in [0, 0.05) is 12.7 Å². The van der Waals surface area contributed by atoms with Crippen molar-refractivity contribution in [3.63, 3.8) is 0 Å². The standard InChI is InChI=1S/C21H23N3O4S/c1-27-18-7-9-19(10-8-18)29(25,26)22-13-20-21-17(11-12-28-20)15-24(23-21)14-16-5-3-2-4-6-16/h2-10,15,20,22H,11-14H2,1H3/t20-/m1/s1. The molecule has 0 spiro atoms. The average Bonchev–Trinajstić information content (AvgIpc) is 3.16. The summed E-state index contributed by atoms with van der Waals surface area (Å²) in [7, 11) is -2.11. The Morgan fingerprint density at radius 3 is 2.66 bits per heavy atom. The van der Waals surface area contributed by atoms with Gasteiger partial charge in [0.05, 0.1) is 30.9 Å². The van der Waals surface area contributed by atoms with Crippen molar-refractivity contribution in [3.8, 4) is 5.75 Å². The summed E-state index contributed by atoms with van der Waals surface area (Å²) in [6, 6.07) is 16.4. The molecule has 1 atom stereocenters. The maximum absolute atomic E-state index is 12.6. The van der Waals surface area contributed by atoms with E-state index in [4.69, 9.17) is 9.47 Å². The molecule has 0 fully saturated rings. The van der Waals surface area contributed by atoms with E-state index < -0.39 is 16.1 Å². The first-order chi connectivity index (χ1) is 14.0. The van der Waals surface area contributed by atoms with E-state index in [1.165, 1.54) is 19.2 Å². The van der Waals surface area contributed by atoms with Gasteiger partial charge in [-0.05, 0) is 41.8 Å². The second-order valence-corrected chi connectivity index (χ2v) is 8.63. The predicted octanol–water partition coefficient (Wildman–Crippen LogP) is 2.53. The van der Waals surface area contributed by atoms with E-state index in [1.807, 2.05) is 29.1 Å². The highest BCUT2D eigenvalue weighted by atomic mass is 32.2. The highest BCUT2D eigenvalue weighted by Gasteiger charge is 2.26. The van der Waals surface area contributed by atoms with Gasteiger partial charge in [0.25, 0.3) is 0 Å². The first-order valence-corrected chi connectivity index (χ1v) is 10.9. The van der Waals surface area contributed by atoms with E-state index in [9.17, 15) is 8.42 Å². The summed E-state index contributed by atoms with van der Waals surface area (Å²) < 4.78 is 40.6. The number of methoxy groups -OCH3 is 1. The highest BCUT2D eigenvalue weighted by Crippen LogP contribution is 2.26. The van der Waals surface area contributed by atoms with Crippen LogP contribution in [0.4, 0.5) is 0 Å². The fourth-order valence-electron chi connectivity index (χ4n) is 3.36. The van der Waals surface area contributed by atoms with Crippen molar-refractivity contribution in [1.82, 2.24) is 14.5 Å². The molecule has 0 amide bonds. The molecule has 7 nitrogen and oxygen atoms in total. The van der Waals surface area contributed by atoms with Crippen LogP contribution in [0.15, 0.2) is 65.7 Å². The van der Waals surface area contributed by atoms with E-state index >= 15 is 0 Å². The number of sulfonamides is 1. The van der Waals surface area contributed by atoms with Crippen LogP contribution in [0, 0.1) is 0 Å². The van der Waals surface area contributed by atoms with Crippen molar-refractivity contribution in [2.75, 3.05) is 20.3 Å². The Hall–Kier alpha value is -2.68. The molecular weight excluding hydrogens is 390 g/mol. The van der Waals surface area contributed by atoms with E-state index in [2.05, 4.69) is 22.0 Å². The number of benzene rings is 2. The van der Waals surface area contributed by atoms with Crippen molar-refractivity contribution in [1.29, 1.82) is 0 Å². The zero-order valence-electron chi connectivity index (χ0n) is 16.1. The Labute approximate surface area is 170 Å². The second-order valence-electron chi connectivity index (χ2n) is 6.86. The first-order valence-electron chi connectivity index (χ1n) is 9.40. The third-order valence-electron chi connectivity index (χ3n) is 4.88. The van der Waals surface area contributed by atoms with Gasteiger partial charge in [-0.2, -0.15) is 5.10 Å². The SMILES string of the molecule is COc1ccc(S(=O)(=O)NC[C@H]2OCCc3cn(Cc4ccccc4)nc32)cc1. The quantitative estimate of drug-likeness (QED) is 0.644. The third-order valence-corrected chi connectivity index (χ3v) is 6.32. The van der Waals surface area contributed by atoms with Crippen LogP contribution < -0.4 is 9.46 Å². The predicted molar refractivity (Wildman–Crippen MR) is 108 cm³/mol. The fraction of sp³-hybridized carbons (Fsp3) is 0.286. The van der Waals surface area contributed by atoms with Gasteiger partial charge < -0.3 is 9.47 Å². The van der Waals surface area contributed by atoms with Crippen molar-refractivity contribution >= 4 is 10.0 Å². The lowest BCUT2D eigenvalue weighted by molar-refractivity contribution is 0.0430. The summed E-state index contributed by atoms with van der Waals surface area (Å²) in [6.07, 6.45) is 2.38. The van der Waals surface area contributed by atoms with Crippen LogP contribution in [0.1, 0.15) is 22.9 Å². The lowest BCUT2D eigenvalue weighted by Gasteiger charge is -2.22. The molecule has 0 bridgehead atoms. The van der Waals surface area contributed by atoms with Crippen molar-refractivity contribution in [2.45, 2.75) is 24.0 Å². The molecule has 4 rings (SSSR count). The van der Waals surface area contributed by atoms with Crippen LogP contribution in [0.3, 0.4) is 0 Å². The maximum Gasteiger partial charge on any atom is 0.240 e. The molecule has 1 aromatic heterocycles. The van der Waals surface area contributed by atoms with Crippen molar-refractivity contribution in [3.05, 3.63) is 77.6 Å². The number of ether oxygens (including phenoxy) is 2. The van der Waals surface area contributed by atoms with E-state index in [0.29, 0.717) is 18.9 Å². The molecule has 0 saturated heterocycles. The first kappa shape index (κ1) is 19.6. The molecular formula is C21H23N3O4S. The van der Waals surface area contributed by atoms with Gasteiger partial charge in [-0.3, -0.25) is 4.68 Å². The number of fused-ring (bicyclic) bond motifs is 1. The molecule has 1 aliphatic heterocycles. The highest BCUT2D eigenvalue weighted by molar-refractivity contribution is 7.89. The average molecular weight is 413 g/mol. The topological polar surface area (TPSA) is 82.5 Å². The maximum atomic E-state index is 12.6. The number of hydrogen-bond donors (Lipinski definition) is 1. The molecule has 152 valence electrons. The Bertz CT molecular complexity index is 1060. The van der Waals surface area contributed by atoms with Gasteiger partial charge in [0.1, 0.15) is 11.9 Å².